The second-order valence-electron chi connectivity index (χ2n) is 4.34. The lowest BCUT2D eigenvalue weighted by atomic mass is 9.96. The Kier molecular flexibility index (Phi) is 5.90. The van der Waals surface area contributed by atoms with Crippen LogP contribution < -0.4 is 5.73 Å². The smallest absolute Gasteiger partial charge is 0.163 e. The number of nitrogens with two attached hydrogens (primary N) is 1. The Labute approximate surface area is 101 Å². The van der Waals surface area contributed by atoms with Crippen LogP contribution in [0.1, 0.15) is 37.4 Å². The zero-order chi connectivity index (χ0) is 11.6. The van der Waals surface area contributed by atoms with Gasteiger partial charge >= 0.3 is 0 Å². The fourth-order valence-corrected chi connectivity index (χ4v) is 1.58. The molecule has 0 saturated carbocycles. The summed E-state index contributed by atoms with van der Waals surface area (Å²) in [5.41, 5.74) is 6.39. The summed E-state index contributed by atoms with van der Waals surface area (Å²) in [6.07, 6.45) is 0.652. The van der Waals surface area contributed by atoms with Crippen LogP contribution in [0.4, 0.5) is 8.78 Å². The zero-order valence-electron chi connectivity index (χ0n) is 9.76. The maximum atomic E-state index is 13.5. The second-order valence-corrected chi connectivity index (χ2v) is 4.34. The summed E-state index contributed by atoms with van der Waals surface area (Å²) < 4.78 is 26.8. The van der Waals surface area contributed by atoms with E-state index in [-0.39, 0.29) is 18.0 Å². The van der Waals surface area contributed by atoms with E-state index in [4.69, 9.17) is 5.73 Å². The van der Waals surface area contributed by atoms with Crippen molar-refractivity contribution >= 4 is 12.4 Å². The molecule has 0 unspecified atom stereocenters. The van der Waals surface area contributed by atoms with Crippen LogP contribution in [-0.4, -0.2) is 0 Å². The van der Waals surface area contributed by atoms with Gasteiger partial charge in [0.25, 0.3) is 0 Å². The van der Waals surface area contributed by atoms with Crippen molar-refractivity contribution in [3.63, 3.8) is 0 Å². The van der Waals surface area contributed by atoms with Crippen molar-refractivity contribution in [3.05, 3.63) is 34.9 Å². The van der Waals surface area contributed by atoms with E-state index in [1.165, 1.54) is 6.92 Å². The third-order valence-corrected chi connectivity index (χ3v) is 2.43. The number of hydrogen-bond donors (Lipinski definition) is 1. The van der Waals surface area contributed by atoms with Crippen molar-refractivity contribution in [1.82, 2.24) is 0 Å². The standard InChI is InChI=1S/C12H17F2N.ClH/c1-7(2)6-10(15)9-5-4-8(3)11(13)12(9)14;/h4-5,7,10H,6,15H2,1-3H3;1H/t10-;/m0./s1. The molecule has 0 aliphatic heterocycles. The first-order valence-electron chi connectivity index (χ1n) is 5.13. The average Bonchev–Trinajstić information content (AvgIpc) is 2.13. The molecule has 0 aliphatic carbocycles. The molecule has 1 aromatic rings. The van der Waals surface area contributed by atoms with Crippen LogP contribution in [0.25, 0.3) is 0 Å². The van der Waals surface area contributed by atoms with Crippen molar-refractivity contribution in [1.29, 1.82) is 0 Å². The maximum absolute atomic E-state index is 13.5. The van der Waals surface area contributed by atoms with E-state index in [0.717, 1.165) is 0 Å². The van der Waals surface area contributed by atoms with Gasteiger partial charge in [-0.1, -0.05) is 26.0 Å². The van der Waals surface area contributed by atoms with Gasteiger partial charge in [0.2, 0.25) is 0 Å². The first-order valence-corrected chi connectivity index (χ1v) is 5.13. The Morgan fingerprint density at radius 1 is 1.19 bits per heavy atom. The van der Waals surface area contributed by atoms with E-state index < -0.39 is 17.7 Å². The lowest BCUT2D eigenvalue weighted by molar-refractivity contribution is 0.456. The van der Waals surface area contributed by atoms with Gasteiger partial charge in [0.1, 0.15) is 0 Å². The SMILES string of the molecule is Cc1ccc([C@@H](N)CC(C)C)c(F)c1F.Cl. The number of hydrogen-bond acceptors (Lipinski definition) is 1. The van der Waals surface area contributed by atoms with Gasteiger partial charge in [-0.25, -0.2) is 8.78 Å². The van der Waals surface area contributed by atoms with E-state index >= 15 is 0 Å². The largest absolute Gasteiger partial charge is 0.324 e. The van der Waals surface area contributed by atoms with Crippen LogP contribution in [0.3, 0.4) is 0 Å². The van der Waals surface area contributed by atoms with Crippen LogP contribution in [0, 0.1) is 24.5 Å². The molecule has 0 radical (unpaired) electrons. The van der Waals surface area contributed by atoms with E-state index in [0.29, 0.717) is 17.9 Å². The van der Waals surface area contributed by atoms with Crippen molar-refractivity contribution in [3.8, 4) is 0 Å². The van der Waals surface area contributed by atoms with Gasteiger partial charge < -0.3 is 5.73 Å². The lowest BCUT2D eigenvalue weighted by Crippen LogP contribution is -2.15. The molecule has 0 heterocycles. The van der Waals surface area contributed by atoms with E-state index in [1.54, 1.807) is 12.1 Å². The normalized spacial score (nSPS) is 12.4. The van der Waals surface area contributed by atoms with Gasteiger partial charge in [-0.2, -0.15) is 0 Å². The Hall–Kier alpha value is -0.670. The van der Waals surface area contributed by atoms with Gasteiger partial charge in [-0.05, 0) is 24.8 Å². The highest BCUT2D eigenvalue weighted by Crippen LogP contribution is 2.24. The van der Waals surface area contributed by atoms with E-state index in [1.807, 2.05) is 13.8 Å². The Morgan fingerprint density at radius 3 is 2.25 bits per heavy atom. The molecule has 2 N–H and O–H groups in total. The molecule has 1 atom stereocenters. The molecule has 1 aromatic carbocycles. The number of benzene rings is 1. The van der Waals surface area contributed by atoms with Gasteiger partial charge in [0, 0.05) is 11.6 Å². The summed E-state index contributed by atoms with van der Waals surface area (Å²) in [7, 11) is 0. The number of halogens is 3. The van der Waals surface area contributed by atoms with Gasteiger partial charge in [-0.15, -0.1) is 12.4 Å². The Balaban J connectivity index is 0.00000225. The van der Waals surface area contributed by atoms with Crippen LogP contribution in [0.5, 0.6) is 0 Å². The van der Waals surface area contributed by atoms with Crippen LogP contribution in [0.15, 0.2) is 12.1 Å². The summed E-state index contributed by atoms with van der Waals surface area (Å²) >= 11 is 0. The molecule has 0 aliphatic rings. The maximum Gasteiger partial charge on any atom is 0.163 e. The molecular formula is C12H18ClF2N. The summed E-state index contributed by atoms with van der Waals surface area (Å²) in [6, 6.07) is 2.70. The van der Waals surface area contributed by atoms with Crippen molar-refractivity contribution in [2.24, 2.45) is 11.7 Å². The topological polar surface area (TPSA) is 26.0 Å². The number of rotatable bonds is 3. The third kappa shape index (κ3) is 3.42. The molecule has 0 saturated heterocycles. The molecule has 0 aromatic heterocycles. The van der Waals surface area contributed by atoms with Crippen molar-refractivity contribution in [2.75, 3.05) is 0 Å². The van der Waals surface area contributed by atoms with E-state index in [2.05, 4.69) is 0 Å². The minimum atomic E-state index is -0.803. The second kappa shape index (κ2) is 6.16. The third-order valence-electron chi connectivity index (χ3n) is 2.43. The van der Waals surface area contributed by atoms with Crippen LogP contribution >= 0.6 is 12.4 Å². The fraction of sp³-hybridized carbons (Fsp3) is 0.500. The van der Waals surface area contributed by atoms with Gasteiger partial charge in [0.15, 0.2) is 11.6 Å². The molecule has 0 fully saturated rings. The van der Waals surface area contributed by atoms with E-state index in [9.17, 15) is 8.78 Å². The monoisotopic (exact) mass is 249 g/mol. The molecule has 0 spiro atoms. The summed E-state index contributed by atoms with van der Waals surface area (Å²) in [5, 5.41) is 0. The lowest BCUT2D eigenvalue weighted by Gasteiger charge is -2.16. The predicted octanol–water partition coefficient (Wildman–Crippen LogP) is 3.74. The van der Waals surface area contributed by atoms with Crippen LogP contribution in [-0.2, 0) is 0 Å². The van der Waals surface area contributed by atoms with Crippen molar-refractivity contribution in [2.45, 2.75) is 33.2 Å². The summed E-state index contributed by atoms with van der Waals surface area (Å²) in [4.78, 5) is 0. The average molecular weight is 250 g/mol. The molecule has 92 valence electrons. The van der Waals surface area contributed by atoms with Crippen molar-refractivity contribution < 1.29 is 8.78 Å². The highest BCUT2D eigenvalue weighted by molar-refractivity contribution is 5.85. The molecule has 1 rings (SSSR count). The highest BCUT2D eigenvalue weighted by atomic mass is 35.5. The Morgan fingerprint density at radius 2 is 1.75 bits per heavy atom. The molecule has 0 bridgehead atoms. The minimum Gasteiger partial charge on any atom is -0.324 e. The summed E-state index contributed by atoms with van der Waals surface area (Å²) in [6.45, 7) is 5.54. The van der Waals surface area contributed by atoms with Crippen LogP contribution in [0.2, 0.25) is 0 Å². The van der Waals surface area contributed by atoms with Gasteiger partial charge in [-0.3, -0.25) is 0 Å². The molecule has 16 heavy (non-hydrogen) atoms. The molecular weight excluding hydrogens is 232 g/mol. The summed E-state index contributed by atoms with van der Waals surface area (Å²) in [5.74, 6) is -1.22. The fourth-order valence-electron chi connectivity index (χ4n) is 1.58. The highest BCUT2D eigenvalue weighted by Gasteiger charge is 2.17. The predicted molar refractivity (Wildman–Crippen MR) is 64.7 cm³/mol. The molecule has 0 amide bonds. The first-order chi connectivity index (χ1) is 6.93. The first kappa shape index (κ1) is 15.3. The van der Waals surface area contributed by atoms with Gasteiger partial charge in [0.05, 0.1) is 0 Å². The quantitative estimate of drug-likeness (QED) is 0.868. The number of aryl methyl sites for hydroxylation is 1. The zero-order valence-corrected chi connectivity index (χ0v) is 10.6. The minimum absolute atomic E-state index is 0. The molecule has 1 nitrogen and oxygen atoms in total. The molecule has 4 heteroatoms. The Bertz CT molecular complexity index is 353.